The number of allylic oxidation sites excluding steroid dienone is 1. The largest absolute Gasteiger partial charge is 0.331 e. The maximum absolute atomic E-state index is 2.21. The molecule has 0 aliphatic heterocycles. The summed E-state index contributed by atoms with van der Waals surface area (Å²) in [5, 5.41) is 0. The van der Waals surface area contributed by atoms with Crippen molar-refractivity contribution >= 4 is 0 Å². The van der Waals surface area contributed by atoms with Crippen molar-refractivity contribution in [3.63, 3.8) is 0 Å². The molecule has 0 aromatic carbocycles. The van der Waals surface area contributed by atoms with Crippen molar-refractivity contribution < 1.29 is 4.48 Å². The predicted molar refractivity (Wildman–Crippen MR) is 42.3 cm³/mol. The minimum atomic E-state index is 1.06. The van der Waals surface area contributed by atoms with Gasteiger partial charge in [0.2, 0.25) is 0 Å². The van der Waals surface area contributed by atoms with Crippen LogP contribution in [0.1, 0.15) is 13.3 Å². The summed E-state index contributed by atoms with van der Waals surface area (Å²) in [6.45, 7) is 3.29. The van der Waals surface area contributed by atoms with Gasteiger partial charge in [-0.05, 0) is 6.92 Å². The summed E-state index contributed by atoms with van der Waals surface area (Å²) in [5.41, 5.74) is 0. The molecule has 0 saturated heterocycles. The zero-order chi connectivity index (χ0) is 7.33. The molecule has 0 N–H and O–H groups in total. The van der Waals surface area contributed by atoms with Crippen LogP contribution < -0.4 is 0 Å². The molecule has 0 atom stereocenters. The van der Waals surface area contributed by atoms with Crippen molar-refractivity contribution in [2.24, 2.45) is 0 Å². The highest BCUT2D eigenvalue weighted by Gasteiger charge is 2.02. The Kier molecular flexibility index (Phi) is 3.55. The Balaban J connectivity index is 3.28. The Bertz CT molecular complexity index is 87.2. The van der Waals surface area contributed by atoms with Gasteiger partial charge in [-0.1, -0.05) is 12.2 Å². The van der Waals surface area contributed by atoms with Gasteiger partial charge in [0.25, 0.3) is 0 Å². The SMILES string of the molecule is C/C=C/CC[N+](C)(C)C. The topological polar surface area (TPSA) is 0 Å². The van der Waals surface area contributed by atoms with Crippen molar-refractivity contribution in [3.8, 4) is 0 Å². The first-order valence-corrected chi connectivity index (χ1v) is 3.48. The second-order valence-electron chi connectivity index (χ2n) is 3.37. The first kappa shape index (κ1) is 8.70. The van der Waals surface area contributed by atoms with Gasteiger partial charge in [0.1, 0.15) is 0 Å². The van der Waals surface area contributed by atoms with Gasteiger partial charge in [-0.25, -0.2) is 0 Å². The van der Waals surface area contributed by atoms with Crippen LogP contribution in [0.15, 0.2) is 12.2 Å². The summed E-state index contributed by atoms with van der Waals surface area (Å²) in [7, 11) is 6.64. The van der Waals surface area contributed by atoms with Crippen LogP contribution in [-0.2, 0) is 0 Å². The molecule has 0 aromatic heterocycles. The molecule has 1 nitrogen and oxygen atoms in total. The van der Waals surface area contributed by atoms with E-state index in [9.17, 15) is 0 Å². The number of quaternary nitrogens is 1. The maximum atomic E-state index is 2.21. The van der Waals surface area contributed by atoms with Crippen molar-refractivity contribution in [1.29, 1.82) is 0 Å². The van der Waals surface area contributed by atoms with Gasteiger partial charge in [-0.3, -0.25) is 0 Å². The van der Waals surface area contributed by atoms with E-state index in [1.165, 1.54) is 13.0 Å². The van der Waals surface area contributed by atoms with E-state index < -0.39 is 0 Å². The maximum Gasteiger partial charge on any atom is 0.0815 e. The second-order valence-corrected chi connectivity index (χ2v) is 3.37. The Morgan fingerprint density at radius 3 is 2.11 bits per heavy atom. The van der Waals surface area contributed by atoms with E-state index in [0.717, 1.165) is 4.48 Å². The Hall–Kier alpha value is -0.300. The first-order chi connectivity index (χ1) is 4.06. The van der Waals surface area contributed by atoms with Crippen LogP contribution in [0.4, 0.5) is 0 Å². The van der Waals surface area contributed by atoms with E-state index in [1.807, 2.05) is 0 Å². The van der Waals surface area contributed by atoms with Crippen molar-refractivity contribution in [2.45, 2.75) is 13.3 Å². The first-order valence-electron chi connectivity index (χ1n) is 3.48. The molecule has 0 heterocycles. The molecule has 0 aromatic rings. The Morgan fingerprint density at radius 1 is 1.22 bits per heavy atom. The molecule has 0 amide bonds. The van der Waals surface area contributed by atoms with Crippen LogP contribution in [0, 0.1) is 0 Å². The fourth-order valence-corrected chi connectivity index (χ4v) is 0.629. The van der Waals surface area contributed by atoms with Gasteiger partial charge >= 0.3 is 0 Å². The number of hydrogen-bond donors (Lipinski definition) is 0. The van der Waals surface area contributed by atoms with Crippen molar-refractivity contribution in [1.82, 2.24) is 0 Å². The van der Waals surface area contributed by atoms with Crippen LogP contribution in [0.2, 0.25) is 0 Å². The summed E-state index contributed by atoms with van der Waals surface area (Å²) in [5.74, 6) is 0. The summed E-state index contributed by atoms with van der Waals surface area (Å²) >= 11 is 0. The number of hydrogen-bond acceptors (Lipinski definition) is 0. The average Bonchev–Trinajstić information content (AvgIpc) is 1.63. The van der Waals surface area contributed by atoms with Gasteiger partial charge in [-0.2, -0.15) is 0 Å². The predicted octanol–water partition coefficient (Wildman–Crippen LogP) is 1.66. The molecular weight excluding hydrogens is 110 g/mol. The lowest BCUT2D eigenvalue weighted by atomic mass is 10.3. The molecule has 0 aliphatic carbocycles. The fourth-order valence-electron chi connectivity index (χ4n) is 0.629. The summed E-state index contributed by atoms with van der Waals surface area (Å²) in [4.78, 5) is 0. The standard InChI is InChI=1S/C8H18N/c1-5-6-7-8-9(2,3)4/h5-6H,7-8H2,1-4H3/q+1/b6-5+. The minimum absolute atomic E-state index is 1.06. The molecule has 0 spiro atoms. The molecular formula is C8H18N+. The van der Waals surface area contributed by atoms with E-state index in [-0.39, 0.29) is 0 Å². The van der Waals surface area contributed by atoms with Gasteiger partial charge in [0.15, 0.2) is 0 Å². The quantitative estimate of drug-likeness (QED) is 0.400. The molecule has 0 radical (unpaired) electrons. The molecule has 54 valence electrons. The number of nitrogens with zero attached hydrogens (tertiary/aromatic N) is 1. The van der Waals surface area contributed by atoms with E-state index in [2.05, 4.69) is 40.2 Å². The van der Waals surface area contributed by atoms with Crippen LogP contribution in [0.25, 0.3) is 0 Å². The highest BCUT2D eigenvalue weighted by Crippen LogP contribution is 1.93. The van der Waals surface area contributed by atoms with E-state index in [1.54, 1.807) is 0 Å². The Morgan fingerprint density at radius 2 is 1.78 bits per heavy atom. The zero-order valence-electron chi connectivity index (χ0n) is 7.02. The minimum Gasteiger partial charge on any atom is -0.331 e. The summed E-state index contributed by atoms with van der Waals surface area (Å²) in [6.07, 6.45) is 5.51. The van der Waals surface area contributed by atoms with Gasteiger partial charge < -0.3 is 4.48 Å². The molecule has 0 aliphatic rings. The van der Waals surface area contributed by atoms with Gasteiger partial charge in [-0.15, -0.1) is 0 Å². The molecule has 0 saturated carbocycles. The third-order valence-electron chi connectivity index (χ3n) is 1.20. The van der Waals surface area contributed by atoms with Crippen molar-refractivity contribution in [2.75, 3.05) is 27.7 Å². The lowest BCUT2D eigenvalue weighted by Gasteiger charge is -2.22. The van der Waals surface area contributed by atoms with Gasteiger partial charge in [0, 0.05) is 6.42 Å². The Labute approximate surface area is 58.6 Å². The van der Waals surface area contributed by atoms with Crippen LogP contribution >= 0.6 is 0 Å². The molecule has 9 heavy (non-hydrogen) atoms. The lowest BCUT2D eigenvalue weighted by Crippen LogP contribution is -2.34. The smallest absolute Gasteiger partial charge is 0.0815 e. The lowest BCUT2D eigenvalue weighted by molar-refractivity contribution is -0.869. The normalized spacial score (nSPS) is 12.9. The monoisotopic (exact) mass is 128 g/mol. The highest BCUT2D eigenvalue weighted by molar-refractivity contribution is 4.75. The average molecular weight is 128 g/mol. The summed E-state index contributed by atoms with van der Waals surface area (Å²) in [6, 6.07) is 0. The third kappa shape index (κ3) is 7.70. The third-order valence-corrected chi connectivity index (χ3v) is 1.20. The molecule has 1 heteroatoms. The van der Waals surface area contributed by atoms with Crippen LogP contribution in [-0.4, -0.2) is 32.2 Å². The molecule has 0 unspecified atom stereocenters. The van der Waals surface area contributed by atoms with Gasteiger partial charge in [0.05, 0.1) is 27.7 Å². The highest BCUT2D eigenvalue weighted by atomic mass is 15.3. The second kappa shape index (κ2) is 3.67. The molecule has 0 fully saturated rings. The molecule has 0 bridgehead atoms. The molecule has 0 rings (SSSR count). The van der Waals surface area contributed by atoms with Crippen LogP contribution in [0.5, 0.6) is 0 Å². The number of rotatable bonds is 3. The zero-order valence-corrected chi connectivity index (χ0v) is 7.02. The van der Waals surface area contributed by atoms with Crippen molar-refractivity contribution in [3.05, 3.63) is 12.2 Å². The van der Waals surface area contributed by atoms with E-state index >= 15 is 0 Å². The van der Waals surface area contributed by atoms with E-state index in [0.29, 0.717) is 0 Å². The van der Waals surface area contributed by atoms with E-state index in [4.69, 9.17) is 0 Å². The van der Waals surface area contributed by atoms with Crippen LogP contribution in [0.3, 0.4) is 0 Å². The summed E-state index contributed by atoms with van der Waals surface area (Å²) < 4.78 is 1.06. The fraction of sp³-hybridized carbons (Fsp3) is 0.750.